The summed E-state index contributed by atoms with van der Waals surface area (Å²) in [5, 5.41) is 3.56. The Bertz CT molecular complexity index is 454. The van der Waals surface area contributed by atoms with E-state index in [1.54, 1.807) is 13.8 Å². The van der Waals surface area contributed by atoms with Gasteiger partial charge in [0.15, 0.2) is 22.5 Å². The molecule has 0 aliphatic carbocycles. The molecule has 18 heavy (non-hydrogen) atoms. The lowest BCUT2D eigenvalue weighted by Crippen LogP contribution is -2.24. The van der Waals surface area contributed by atoms with Crippen molar-refractivity contribution in [3.8, 4) is 5.75 Å². The van der Waals surface area contributed by atoms with Gasteiger partial charge in [-0.05, 0) is 38.2 Å². The molecule has 0 aromatic heterocycles. The van der Waals surface area contributed by atoms with Gasteiger partial charge in [-0.3, -0.25) is 5.43 Å². The Morgan fingerprint density at radius 3 is 2.44 bits per heavy atom. The van der Waals surface area contributed by atoms with E-state index in [1.165, 1.54) is 6.21 Å². The molecule has 0 spiro atoms. The lowest BCUT2D eigenvalue weighted by Gasteiger charge is -2.11. The predicted octanol–water partition coefficient (Wildman–Crippen LogP) is 1.92. The van der Waals surface area contributed by atoms with Crippen molar-refractivity contribution in [2.24, 2.45) is 10.8 Å². The van der Waals surface area contributed by atoms with Crippen LogP contribution in [0.5, 0.6) is 5.75 Å². The van der Waals surface area contributed by atoms with Gasteiger partial charge in [0.25, 0.3) is 0 Å². The van der Waals surface area contributed by atoms with Crippen LogP contribution in [0.4, 0.5) is 8.78 Å². The maximum atomic E-state index is 13.6. The molecule has 0 fully saturated rings. The fraction of sp³-hybridized carbons (Fsp3) is 0.273. The predicted molar refractivity (Wildman–Crippen MR) is 69.6 cm³/mol. The number of hydrogen-bond donors (Lipinski definition) is 2. The summed E-state index contributed by atoms with van der Waals surface area (Å²) in [6.45, 7) is 3.36. The number of hydrogen-bond acceptors (Lipinski definition) is 3. The van der Waals surface area contributed by atoms with E-state index in [2.05, 4.69) is 22.7 Å². The van der Waals surface area contributed by atoms with Crippen LogP contribution in [0.3, 0.4) is 0 Å². The van der Waals surface area contributed by atoms with Gasteiger partial charge in [0.2, 0.25) is 0 Å². The highest BCUT2D eigenvalue weighted by atomic mass is 32.1. The second-order valence-corrected chi connectivity index (χ2v) is 4.15. The number of rotatable bonds is 4. The number of halogens is 2. The summed E-state index contributed by atoms with van der Waals surface area (Å²) in [5.41, 5.74) is 7.64. The molecule has 1 rings (SSSR count). The highest BCUT2D eigenvalue weighted by Gasteiger charge is 2.13. The van der Waals surface area contributed by atoms with Crippen molar-refractivity contribution in [1.29, 1.82) is 0 Å². The zero-order valence-electron chi connectivity index (χ0n) is 9.91. The topological polar surface area (TPSA) is 59.6 Å². The lowest BCUT2D eigenvalue weighted by atomic mass is 10.2. The largest absolute Gasteiger partial charge is 0.485 e. The molecular weight excluding hydrogens is 260 g/mol. The van der Waals surface area contributed by atoms with E-state index >= 15 is 0 Å². The Hall–Kier alpha value is -1.76. The molecule has 0 amide bonds. The Morgan fingerprint density at radius 1 is 1.44 bits per heavy atom. The van der Waals surface area contributed by atoms with Gasteiger partial charge in [-0.25, -0.2) is 8.78 Å². The average Bonchev–Trinajstić information content (AvgIpc) is 2.22. The zero-order chi connectivity index (χ0) is 13.7. The van der Waals surface area contributed by atoms with Gasteiger partial charge < -0.3 is 10.5 Å². The van der Waals surface area contributed by atoms with Gasteiger partial charge >= 0.3 is 0 Å². The smallest absolute Gasteiger partial charge is 0.191 e. The van der Waals surface area contributed by atoms with Gasteiger partial charge in [0, 0.05) is 5.56 Å². The summed E-state index contributed by atoms with van der Waals surface area (Å²) in [6, 6.07) is 2.21. The van der Waals surface area contributed by atoms with Crippen LogP contribution < -0.4 is 15.9 Å². The normalized spacial score (nSPS) is 10.9. The van der Waals surface area contributed by atoms with Crippen LogP contribution >= 0.6 is 12.2 Å². The van der Waals surface area contributed by atoms with Crippen LogP contribution in [0.25, 0.3) is 0 Å². The summed E-state index contributed by atoms with van der Waals surface area (Å²) < 4.78 is 32.1. The molecule has 0 saturated carbocycles. The molecule has 0 saturated heterocycles. The Balaban J connectivity index is 2.92. The SMILES string of the molecule is CC(C)Oc1c(F)cc(C=NNC(N)=S)cc1F. The van der Waals surface area contributed by atoms with Gasteiger partial charge in [-0.2, -0.15) is 5.10 Å². The van der Waals surface area contributed by atoms with Crippen molar-refractivity contribution in [3.63, 3.8) is 0 Å². The second kappa shape index (κ2) is 6.25. The quantitative estimate of drug-likeness (QED) is 0.500. The number of benzene rings is 1. The fourth-order valence-corrected chi connectivity index (χ4v) is 1.23. The molecule has 3 N–H and O–H groups in total. The maximum absolute atomic E-state index is 13.6. The molecule has 0 atom stereocenters. The van der Waals surface area contributed by atoms with Crippen molar-refractivity contribution in [2.75, 3.05) is 0 Å². The fourth-order valence-electron chi connectivity index (χ4n) is 1.17. The van der Waals surface area contributed by atoms with Crippen LogP contribution in [-0.4, -0.2) is 17.4 Å². The number of ether oxygens (including phenoxy) is 1. The summed E-state index contributed by atoms with van der Waals surface area (Å²) in [5.74, 6) is -1.98. The standard InChI is InChI=1S/C11H13F2N3OS/c1-6(2)17-10-8(12)3-7(4-9(10)13)5-15-16-11(14)18/h3-6H,1-2H3,(H3,14,16,18). The van der Waals surface area contributed by atoms with E-state index in [9.17, 15) is 8.78 Å². The number of hydrazone groups is 1. The molecule has 4 nitrogen and oxygen atoms in total. The highest BCUT2D eigenvalue weighted by molar-refractivity contribution is 7.80. The van der Waals surface area contributed by atoms with Gasteiger partial charge in [-0.1, -0.05) is 0 Å². The summed E-state index contributed by atoms with van der Waals surface area (Å²) >= 11 is 4.52. The third-order valence-electron chi connectivity index (χ3n) is 1.76. The van der Waals surface area contributed by atoms with Crippen molar-refractivity contribution in [1.82, 2.24) is 5.43 Å². The van der Waals surface area contributed by atoms with E-state index in [0.29, 0.717) is 0 Å². The minimum absolute atomic E-state index is 0.0352. The van der Waals surface area contributed by atoms with E-state index in [0.717, 1.165) is 12.1 Å². The molecule has 0 aliphatic heterocycles. The Kier molecular flexibility index (Phi) is 4.96. The van der Waals surface area contributed by atoms with Crippen molar-refractivity contribution in [2.45, 2.75) is 20.0 Å². The van der Waals surface area contributed by atoms with Gasteiger partial charge in [0.05, 0.1) is 12.3 Å². The van der Waals surface area contributed by atoms with Gasteiger partial charge in [0.1, 0.15) is 0 Å². The summed E-state index contributed by atoms with van der Waals surface area (Å²) in [7, 11) is 0. The molecule has 1 aromatic rings. The lowest BCUT2D eigenvalue weighted by molar-refractivity contribution is 0.219. The Labute approximate surface area is 109 Å². The van der Waals surface area contributed by atoms with Crippen LogP contribution in [0.15, 0.2) is 17.2 Å². The van der Waals surface area contributed by atoms with E-state index in [1.807, 2.05) is 0 Å². The first-order chi connectivity index (χ1) is 8.40. The second-order valence-electron chi connectivity index (χ2n) is 3.71. The molecule has 1 aromatic carbocycles. The molecule has 0 heterocycles. The number of nitrogens with zero attached hydrogens (tertiary/aromatic N) is 1. The van der Waals surface area contributed by atoms with Crippen LogP contribution in [0.2, 0.25) is 0 Å². The molecule has 7 heteroatoms. The molecule has 0 bridgehead atoms. The van der Waals surface area contributed by atoms with E-state index in [4.69, 9.17) is 10.5 Å². The molecule has 0 aliphatic rings. The first kappa shape index (κ1) is 14.3. The first-order valence-electron chi connectivity index (χ1n) is 5.14. The first-order valence-corrected chi connectivity index (χ1v) is 5.55. The minimum atomic E-state index is -0.791. The zero-order valence-corrected chi connectivity index (χ0v) is 10.7. The third kappa shape index (κ3) is 4.25. The minimum Gasteiger partial charge on any atom is -0.485 e. The number of thiocarbonyl (C=S) groups is 1. The maximum Gasteiger partial charge on any atom is 0.191 e. The molecule has 98 valence electrons. The van der Waals surface area contributed by atoms with Crippen molar-refractivity contribution >= 4 is 23.5 Å². The highest BCUT2D eigenvalue weighted by Crippen LogP contribution is 2.23. The number of nitrogens with two attached hydrogens (primary N) is 1. The van der Waals surface area contributed by atoms with Crippen LogP contribution in [0, 0.1) is 11.6 Å². The third-order valence-corrected chi connectivity index (χ3v) is 1.85. The summed E-state index contributed by atoms with van der Waals surface area (Å²) in [6.07, 6.45) is 0.884. The summed E-state index contributed by atoms with van der Waals surface area (Å²) in [4.78, 5) is 0. The van der Waals surface area contributed by atoms with E-state index in [-0.39, 0.29) is 16.8 Å². The Morgan fingerprint density at radius 2 is 2.00 bits per heavy atom. The monoisotopic (exact) mass is 273 g/mol. The molecule has 0 radical (unpaired) electrons. The average molecular weight is 273 g/mol. The molecular formula is C11H13F2N3OS. The van der Waals surface area contributed by atoms with Crippen LogP contribution in [0.1, 0.15) is 19.4 Å². The molecule has 0 unspecified atom stereocenters. The number of nitrogens with one attached hydrogen (secondary N) is 1. The van der Waals surface area contributed by atoms with Crippen molar-refractivity contribution in [3.05, 3.63) is 29.3 Å². The van der Waals surface area contributed by atoms with Crippen LogP contribution in [-0.2, 0) is 0 Å². The van der Waals surface area contributed by atoms with Gasteiger partial charge in [-0.15, -0.1) is 0 Å². The van der Waals surface area contributed by atoms with Crippen molar-refractivity contribution < 1.29 is 13.5 Å². The van der Waals surface area contributed by atoms with E-state index < -0.39 is 17.4 Å².